The first-order valence-corrected chi connectivity index (χ1v) is 14.4. The Hall–Kier alpha value is -4.05. The van der Waals surface area contributed by atoms with Crippen LogP contribution in [-0.2, 0) is 5.41 Å². The van der Waals surface area contributed by atoms with Crippen molar-refractivity contribution in [3.05, 3.63) is 65.8 Å². The predicted molar refractivity (Wildman–Crippen MR) is 158 cm³/mol. The number of nitrogens with zero attached hydrogens (tertiary/aromatic N) is 7. The second-order valence-electron chi connectivity index (χ2n) is 12.6. The molecular weight excluding hydrogens is 516 g/mol. The molecule has 3 aromatic heterocycles. The molecule has 1 spiro atoms. The summed E-state index contributed by atoms with van der Waals surface area (Å²) in [6, 6.07) is 9.43. The van der Waals surface area contributed by atoms with Crippen molar-refractivity contribution in [3.8, 4) is 16.9 Å². The second-order valence-corrected chi connectivity index (χ2v) is 12.6. The van der Waals surface area contributed by atoms with E-state index in [1.807, 2.05) is 58.4 Å². The van der Waals surface area contributed by atoms with Gasteiger partial charge in [-0.15, -0.1) is 5.10 Å². The molecule has 4 aromatic rings. The van der Waals surface area contributed by atoms with Crippen LogP contribution in [-0.4, -0.2) is 68.7 Å². The fourth-order valence-electron chi connectivity index (χ4n) is 5.91. The van der Waals surface area contributed by atoms with E-state index in [9.17, 15) is 4.79 Å². The maximum absolute atomic E-state index is 13.0. The number of rotatable bonds is 6. The van der Waals surface area contributed by atoms with Gasteiger partial charge in [0.1, 0.15) is 11.5 Å². The number of aryl methyl sites for hydroxylation is 1. The lowest BCUT2D eigenvalue weighted by Crippen LogP contribution is -2.30. The number of amides is 1. The molecule has 1 N–H and O–H groups in total. The van der Waals surface area contributed by atoms with Gasteiger partial charge >= 0.3 is 0 Å². The van der Waals surface area contributed by atoms with Crippen LogP contribution in [0.2, 0.25) is 0 Å². The summed E-state index contributed by atoms with van der Waals surface area (Å²) in [4.78, 5) is 22.6. The minimum absolute atomic E-state index is 0.198. The lowest BCUT2D eigenvalue weighted by Gasteiger charge is -2.25. The molecule has 2 aliphatic heterocycles. The summed E-state index contributed by atoms with van der Waals surface area (Å²) < 4.78 is 7.11. The number of hydrogen-bond donors (Lipinski definition) is 1. The van der Waals surface area contributed by atoms with Crippen molar-refractivity contribution < 1.29 is 9.32 Å². The SMILES string of the molecule is CCN1CCC2(CCN(c3cncc(-c4cn(-c5cc(C(=O)Nc6cc(C(C)(C)C)on6)ccc5C)nn4)c3)C2)C1. The van der Waals surface area contributed by atoms with Gasteiger partial charge in [0.2, 0.25) is 0 Å². The highest BCUT2D eigenvalue weighted by Crippen LogP contribution is 2.41. The zero-order valence-electron chi connectivity index (χ0n) is 24.5. The Morgan fingerprint density at radius 3 is 2.68 bits per heavy atom. The smallest absolute Gasteiger partial charge is 0.256 e. The maximum atomic E-state index is 13.0. The number of benzene rings is 1. The third-order valence-electron chi connectivity index (χ3n) is 8.49. The van der Waals surface area contributed by atoms with Crippen molar-refractivity contribution in [1.29, 1.82) is 0 Å². The summed E-state index contributed by atoms with van der Waals surface area (Å²) in [6.07, 6.45) is 8.16. The molecule has 1 unspecified atom stereocenters. The van der Waals surface area contributed by atoms with E-state index in [1.165, 1.54) is 25.9 Å². The van der Waals surface area contributed by atoms with Gasteiger partial charge in [-0.1, -0.05) is 44.1 Å². The van der Waals surface area contributed by atoms with Crippen LogP contribution in [0.5, 0.6) is 0 Å². The zero-order valence-corrected chi connectivity index (χ0v) is 24.5. The third kappa shape index (κ3) is 5.48. The summed E-state index contributed by atoms with van der Waals surface area (Å²) in [5.74, 6) is 0.819. The van der Waals surface area contributed by atoms with E-state index in [0.29, 0.717) is 22.6 Å². The standard InChI is InChI=1S/C31H38N8O2/c1-6-37-11-9-31(19-37)10-12-38(20-31)24-13-23(16-32-17-24)25-18-39(36-34-25)26-14-22(8-7-21(26)2)29(40)33-28-15-27(41-35-28)30(3,4)5/h7-8,13-18H,6,9-12,19-20H2,1-5H3,(H,33,35,40). The van der Waals surface area contributed by atoms with E-state index in [0.717, 1.165) is 47.8 Å². The summed E-state index contributed by atoms with van der Waals surface area (Å²) in [6.45, 7) is 16.0. The van der Waals surface area contributed by atoms with Gasteiger partial charge < -0.3 is 19.6 Å². The Balaban J connectivity index is 1.19. The van der Waals surface area contributed by atoms with Gasteiger partial charge in [-0.2, -0.15) is 0 Å². The van der Waals surface area contributed by atoms with E-state index in [4.69, 9.17) is 4.52 Å². The molecule has 0 saturated carbocycles. The zero-order chi connectivity index (χ0) is 28.8. The van der Waals surface area contributed by atoms with Gasteiger partial charge in [-0.25, -0.2) is 4.68 Å². The minimum Gasteiger partial charge on any atom is -0.370 e. The molecule has 1 amide bonds. The number of anilines is 2. The Kier molecular flexibility index (Phi) is 6.89. The molecule has 2 saturated heterocycles. The van der Waals surface area contributed by atoms with Gasteiger partial charge in [0.15, 0.2) is 5.82 Å². The average molecular weight is 555 g/mol. The van der Waals surface area contributed by atoms with Crippen LogP contribution in [0, 0.1) is 12.3 Å². The van der Waals surface area contributed by atoms with E-state index < -0.39 is 0 Å². The lowest BCUT2D eigenvalue weighted by molar-refractivity contribution is 0.102. The Labute approximate surface area is 240 Å². The monoisotopic (exact) mass is 554 g/mol. The molecule has 214 valence electrons. The van der Waals surface area contributed by atoms with Gasteiger partial charge in [-0.05, 0) is 56.6 Å². The van der Waals surface area contributed by atoms with E-state index in [2.05, 4.69) is 48.6 Å². The molecule has 0 radical (unpaired) electrons. The normalized spacial score (nSPS) is 19.4. The van der Waals surface area contributed by atoms with Gasteiger partial charge in [0, 0.05) is 53.9 Å². The average Bonchev–Trinajstić information content (AvgIpc) is 3.77. The van der Waals surface area contributed by atoms with Crippen LogP contribution in [0.3, 0.4) is 0 Å². The van der Waals surface area contributed by atoms with E-state index in [1.54, 1.807) is 16.8 Å². The first-order chi connectivity index (χ1) is 19.6. The van der Waals surface area contributed by atoms with Gasteiger partial charge in [0.25, 0.3) is 5.91 Å². The van der Waals surface area contributed by atoms with Crippen molar-refractivity contribution in [3.63, 3.8) is 0 Å². The molecule has 2 fully saturated rings. The summed E-state index contributed by atoms with van der Waals surface area (Å²) >= 11 is 0. The number of likely N-dealkylation sites (tertiary alicyclic amines) is 1. The molecule has 1 aromatic carbocycles. The quantitative estimate of drug-likeness (QED) is 0.351. The Morgan fingerprint density at radius 1 is 1.10 bits per heavy atom. The molecular formula is C31H38N8O2. The van der Waals surface area contributed by atoms with Crippen LogP contribution >= 0.6 is 0 Å². The highest BCUT2D eigenvalue weighted by Gasteiger charge is 2.43. The van der Waals surface area contributed by atoms with Crippen molar-refractivity contribution in [2.45, 2.75) is 52.9 Å². The number of pyridine rings is 1. The van der Waals surface area contributed by atoms with Crippen LogP contribution in [0.1, 0.15) is 62.2 Å². The summed E-state index contributed by atoms with van der Waals surface area (Å²) in [5.41, 5.74) is 5.22. The molecule has 1 atom stereocenters. The largest absolute Gasteiger partial charge is 0.370 e. The maximum Gasteiger partial charge on any atom is 0.256 e. The first-order valence-electron chi connectivity index (χ1n) is 14.4. The fourth-order valence-corrected chi connectivity index (χ4v) is 5.91. The van der Waals surface area contributed by atoms with Crippen LogP contribution in [0.15, 0.2) is 53.4 Å². The number of carbonyl (C=O) groups is 1. The molecule has 10 heteroatoms. The van der Waals surface area contributed by atoms with Crippen LogP contribution in [0.25, 0.3) is 16.9 Å². The molecule has 6 rings (SSSR count). The number of carbonyl (C=O) groups excluding carboxylic acids is 1. The van der Waals surface area contributed by atoms with Crippen molar-refractivity contribution in [2.24, 2.45) is 5.41 Å². The molecule has 2 aliphatic rings. The summed E-state index contributed by atoms with van der Waals surface area (Å²) in [7, 11) is 0. The molecule has 0 aliphatic carbocycles. The topological polar surface area (TPSA) is 105 Å². The highest BCUT2D eigenvalue weighted by atomic mass is 16.5. The third-order valence-corrected chi connectivity index (χ3v) is 8.49. The van der Waals surface area contributed by atoms with Gasteiger partial charge in [0.05, 0.1) is 23.8 Å². The second kappa shape index (κ2) is 10.4. The lowest BCUT2D eigenvalue weighted by atomic mass is 9.86. The molecule has 10 nitrogen and oxygen atoms in total. The molecule has 0 bridgehead atoms. The van der Waals surface area contributed by atoms with Crippen molar-refractivity contribution in [1.82, 2.24) is 30.0 Å². The Bertz CT molecular complexity index is 1570. The fraction of sp³-hybridized carbons (Fsp3) is 0.452. The van der Waals surface area contributed by atoms with Crippen molar-refractivity contribution in [2.75, 3.05) is 42.9 Å². The minimum atomic E-state index is -0.273. The molecule has 5 heterocycles. The highest BCUT2D eigenvalue weighted by molar-refractivity contribution is 6.04. The number of aromatic nitrogens is 5. The Morgan fingerprint density at radius 2 is 1.93 bits per heavy atom. The van der Waals surface area contributed by atoms with E-state index in [-0.39, 0.29) is 11.3 Å². The number of nitrogens with one attached hydrogen (secondary N) is 1. The van der Waals surface area contributed by atoms with E-state index >= 15 is 0 Å². The summed E-state index contributed by atoms with van der Waals surface area (Å²) in [5, 5.41) is 15.7. The van der Waals surface area contributed by atoms with Crippen LogP contribution < -0.4 is 10.2 Å². The van der Waals surface area contributed by atoms with Crippen molar-refractivity contribution >= 4 is 17.4 Å². The van der Waals surface area contributed by atoms with Gasteiger partial charge in [-0.3, -0.25) is 9.78 Å². The predicted octanol–water partition coefficient (Wildman–Crippen LogP) is 5.10. The van der Waals surface area contributed by atoms with Crippen LogP contribution in [0.4, 0.5) is 11.5 Å². The number of hydrogen-bond acceptors (Lipinski definition) is 8. The molecule has 41 heavy (non-hydrogen) atoms. The first kappa shape index (κ1) is 27.1.